The molecule has 2 aromatic heterocycles. The van der Waals surface area contributed by atoms with Crippen LogP contribution in [0.2, 0.25) is 0 Å². The van der Waals surface area contributed by atoms with Gasteiger partial charge in [-0.1, -0.05) is 6.07 Å². The third kappa shape index (κ3) is 2.15. The molecule has 0 saturated carbocycles. The maximum atomic E-state index is 10.7. The van der Waals surface area contributed by atoms with E-state index in [1.54, 1.807) is 29.3 Å². The van der Waals surface area contributed by atoms with E-state index in [2.05, 4.69) is 10.1 Å². The lowest BCUT2D eigenvalue weighted by molar-refractivity contribution is -0.384. The van der Waals surface area contributed by atoms with Crippen molar-refractivity contribution in [2.24, 2.45) is 0 Å². The molecule has 0 amide bonds. The molecule has 19 heavy (non-hydrogen) atoms. The second-order valence-corrected chi connectivity index (χ2v) is 4.16. The maximum absolute atomic E-state index is 10.7. The molecular formula is C13H10N4O2. The number of benzene rings is 1. The molecule has 6 nitrogen and oxygen atoms in total. The molecule has 1 aromatic carbocycles. The minimum Gasteiger partial charge on any atom is -0.264 e. The van der Waals surface area contributed by atoms with E-state index in [0.717, 1.165) is 16.5 Å². The first kappa shape index (κ1) is 11.3. The quantitative estimate of drug-likeness (QED) is 0.531. The standard InChI is InChI=1S/C13H10N4O2/c18-17(19)12-3-4-13-11(6-12)8-15-16(13)9-10-2-1-5-14-7-10/h1-8H,9H2. The van der Waals surface area contributed by atoms with Gasteiger partial charge in [0.15, 0.2) is 0 Å². The summed E-state index contributed by atoms with van der Waals surface area (Å²) in [5, 5.41) is 15.7. The van der Waals surface area contributed by atoms with Crippen molar-refractivity contribution >= 4 is 16.6 Å². The number of hydrogen-bond donors (Lipinski definition) is 0. The summed E-state index contributed by atoms with van der Waals surface area (Å²) in [4.78, 5) is 14.4. The van der Waals surface area contributed by atoms with Gasteiger partial charge in [-0.15, -0.1) is 0 Å². The molecule has 6 heteroatoms. The van der Waals surface area contributed by atoms with E-state index < -0.39 is 4.92 Å². The Bertz CT molecular complexity index is 737. The smallest absolute Gasteiger partial charge is 0.264 e. The van der Waals surface area contributed by atoms with E-state index in [1.807, 2.05) is 12.1 Å². The summed E-state index contributed by atoms with van der Waals surface area (Å²) in [7, 11) is 0. The van der Waals surface area contributed by atoms with Crippen LogP contribution in [0.25, 0.3) is 10.9 Å². The zero-order valence-corrected chi connectivity index (χ0v) is 9.93. The summed E-state index contributed by atoms with van der Waals surface area (Å²) in [6.07, 6.45) is 5.13. The molecule has 0 radical (unpaired) electrons. The highest BCUT2D eigenvalue weighted by atomic mass is 16.6. The van der Waals surface area contributed by atoms with Crippen LogP contribution in [0.15, 0.2) is 48.9 Å². The van der Waals surface area contributed by atoms with Crippen LogP contribution in [0.5, 0.6) is 0 Å². The van der Waals surface area contributed by atoms with Crippen LogP contribution in [-0.2, 0) is 6.54 Å². The first-order chi connectivity index (χ1) is 9.24. The zero-order valence-electron chi connectivity index (χ0n) is 9.93. The Labute approximate surface area is 108 Å². The minimum absolute atomic E-state index is 0.0772. The van der Waals surface area contributed by atoms with E-state index in [0.29, 0.717) is 6.54 Å². The van der Waals surface area contributed by atoms with E-state index in [1.165, 1.54) is 12.1 Å². The molecule has 94 valence electrons. The highest BCUT2D eigenvalue weighted by Gasteiger charge is 2.09. The third-order valence-corrected chi connectivity index (χ3v) is 2.89. The molecular weight excluding hydrogens is 244 g/mol. The summed E-state index contributed by atoms with van der Waals surface area (Å²) in [6, 6.07) is 8.57. The predicted molar refractivity (Wildman–Crippen MR) is 69.7 cm³/mol. The van der Waals surface area contributed by atoms with Crippen LogP contribution in [0.1, 0.15) is 5.56 Å². The zero-order chi connectivity index (χ0) is 13.2. The lowest BCUT2D eigenvalue weighted by Crippen LogP contribution is -2.01. The van der Waals surface area contributed by atoms with Gasteiger partial charge < -0.3 is 0 Å². The fourth-order valence-corrected chi connectivity index (χ4v) is 1.98. The van der Waals surface area contributed by atoms with Crippen molar-refractivity contribution in [2.75, 3.05) is 0 Å². The lowest BCUT2D eigenvalue weighted by atomic mass is 10.2. The topological polar surface area (TPSA) is 73.8 Å². The van der Waals surface area contributed by atoms with Crippen LogP contribution in [0, 0.1) is 10.1 Å². The molecule has 0 spiro atoms. The monoisotopic (exact) mass is 254 g/mol. The van der Waals surface area contributed by atoms with E-state index in [9.17, 15) is 10.1 Å². The summed E-state index contributed by atoms with van der Waals surface area (Å²) < 4.78 is 1.80. The number of hydrogen-bond acceptors (Lipinski definition) is 4. The highest BCUT2D eigenvalue weighted by molar-refractivity contribution is 5.81. The van der Waals surface area contributed by atoms with E-state index in [4.69, 9.17) is 0 Å². The summed E-state index contributed by atoms with van der Waals surface area (Å²) in [5.74, 6) is 0. The number of nitro benzene ring substituents is 1. The Hall–Kier alpha value is -2.76. The van der Waals surface area contributed by atoms with Crippen molar-refractivity contribution in [1.82, 2.24) is 14.8 Å². The van der Waals surface area contributed by atoms with E-state index >= 15 is 0 Å². The van der Waals surface area contributed by atoms with Crippen molar-refractivity contribution in [3.8, 4) is 0 Å². The molecule has 0 aliphatic carbocycles. The largest absolute Gasteiger partial charge is 0.270 e. The summed E-state index contributed by atoms with van der Waals surface area (Å²) in [5.41, 5.74) is 1.98. The average Bonchev–Trinajstić information content (AvgIpc) is 2.82. The van der Waals surface area contributed by atoms with E-state index in [-0.39, 0.29) is 5.69 Å². The molecule has 0 atom stereocenters. The van der Waals surface area contributed by atoms with Crippen molar-refractivity contribution in [2.45, 2.75) is 6.54 Å². The van der Waals surface area contributed by atoms with Crippen LogP contribution < -0.4 is 0 Å². The SMILES string of the molecule is O=[N+]([O-])c1ccc2c(cnn2Cc2cccnc2)c1. The molecule has 0 saturated heterocycles. The van der Waals surface area contributed by atoms with Gasteiger partial charge in [0, 0.05) is 29.9 Å². The number of fused-ring (bicyclic) bond motifs is 1. The fourth-order valence-electron chi connectivity index (χ4n) is 1.98. The third-order valence-electron chi connectivity index (χ3n) is 2.89. The Morgan fingerprint density at radius 1 is 1.26 bits per heavy atom. The normalized spacial score (nSPS) is 10.7. The Morgan fingerprint density at radius 2 is 2.16 bits per heavy atom. The molecule has 0 unspecified atom stereocenters. The van der Waals surface area contributed by atoms with Crippen molar-refractivity contribution < 1.29 is 4.92 Å². The van der Waals surface area contributed by atoms with Gasteiger partial charge in [0.2, 0.25) is 0 Å². The molecule has 0 bridgehead atoms. The van der Waals surface area contributed by atoms with Crippen LogP contribution in [0.4, 0.5) is 5.69 Å². The van der Waals surface area contributed by atoms with Crippen LogP contribution in [-0.4, -0.2) is 19.7 Å². The molecule has 0 N–H and O–H groups in total. The van der Waals surface area contributed by atoms with Gasteiger partial charge in [0.25, 0.3) is 5.69 Å². The maximum Gasteiger partial charge on any atom is 0.270 e. The van der Waals surface area contributed by atoms with Gasteiger partial charge in [0.05, 0.1) is 23.2 Å². The first-order valence-corrected chi connectivity index (χ1v) is 5.73. The number of nitrogens with zero attached hydrogens (tertiary/aromatic N) is 4. The lowest BCUT2D eigenvalue weighted by Gasteiger charge is -2.03. The minimum atomic E-state index is -0.405. The number of pyridine rings is 1. The second kappa shape index (κ2) is 4.49. The Morgan fingerprint density at radius 3 is 2.89 bits per heavy atom. The van der Waals surface area contributed by atoms with Crippen molar-refractivity contribution in [1.29, 1.82) is 0 Å². The number of non-ortho nitro benzene ring substituents is 1. The van der Waals surface area contributed by atoms with Gasteiger partial charge in [-0.05, 0) is 17.7 Å². The Kier molecular flexibility index (Phi) is 2.68. The number of rotatable bonds is 3. The van der Waals surface area contributed by atoms with Crippen LogP contribution >= 0.6 is 0 Å². The molecule has 3 rings (SSSR count). The fraction of sp³-hybridized carbons (Fsp3) is 0.0769. The van der Waals surface area contributed by atoms with Crippen molar-refractivity contribution in [3.63, 3.8) is 0 Å². The molecule has 2 heterocycles. The molecule has 3 aromatic rings. The molecule has 0 aliphatic heterocycles. The van der Waals surface area contributed by atoms with Gasteiger partial charge in [0.1, 0.15) is 0 Å². The number of nitro groups is 1. The highest BCUT2D eigenvalue weighted by Crippen LogP contribution is 2.21. The predicted octanol–water partition coefficient (Wildman–Crippen LogP) is 2.39. The van der Waals surface area contributed by atoms with Gasteiger partial charge >= 0.3 is 0 Å². The molecule has 0 fully saturated rings. The summed E-state index contributed by atoms with van der Waals surface area (Å²) >= 11 is 0. The van der Waals surface area contributed by atoms with Gasteiger partial charge in [-0.3, -0.25) is 19.8 Å². The second-order valence-electron chi connectivity index (χ2n) is 4.16. The van der Waals surface area contributed by atoms with Crippen LogP contribution in [0.3, 0.4) is 0 Å². The van der Waals surface area contributed by atoms with Gasteiger partial charge in [-0.25, -0.2) is 0 Å². The molecule has 0 aliphatic rings. The number of aromatic nitrogens is 3. The van der Waals surface area contributed by atoms with Gasteiger partial charge in [-0.2, -0.15) is 5.10 Å². The summed E-state index contributed by atoms with van der Waals surface area (Å²) in [6.45, 7) is 0.592. The Balaban J connectivity index is 1.99. The van der Waals surface area contributed by atoms with Crippen molar-refractivity contribution in [3.05, 3.63) is 64.6 Å². The average molecular weight is 254 g/mol. The first-order valence-electron chi connectivity index (χ1n) is 5.73.